The molecule has 0 saturated heterocycles. The summed E-state index contributed by atoms with van der Waals surface area (Å²) in [7, 11) is 1.55. The van der Waals surface area contributed by atoms with Crippen LogP contribution in [0.2, 0.25) is 0 Å². The first-order valence-electron chi connectivity index (χ1n) is 6.31. The molecular weight excluding hydrogens is 232 g/mol. The fourth-order valence-corrected chi connectivity index (χ4v) is 2.78. The van der Waals surface area contributed by atoms with Gasteiger partial charge in [-0.15, -0.1) is 6.58 Å². The summed E-state index contributed by atoms with van der Waals surface area (Å²) >= 11 is 0. The molecule has 0 bridgehead atoms. The second kappa shape index (κ2) is 6.81. The van der Waals surface area contributed by atoms with E-state index in [0.717, 1.165) is 12.8 Å². The van der Waals surface area contributed by atoms with Crippen LogP contribution in [-0.4, -0.2) is 31.6 Å². The Hall–Kier alpha value is -1.00. The zero-order valence-electron chi connectivity index (χ0n) is 11.2. The number of methoxy groups -OCH3 is 1. The smallest absolute Gasteiger partial charge is 0.146 e. The van der Waals surface area contributed by atoms with Crippen LogP contribution in [0.3, 0.4) is 0 Å². The highest BCUT2D eigenvalue weighted by Crippen LogP contribution is 2.42. The number of hydrogen-bond acceptors (Lipinski definition) is 4. The zero-order chi connectivity index (χ0) is 13.6. The molecule has 1 aliphatic rings. The highest BCUT2D eigenvalue weighted by molar-refractivity contribution is 5.91. The second-order valence-electron chi connectivity index (χ2n) is 4.90. The lowest BCUT2D eigenvalue weighted by atomic mass is 9.66. The number of carbonyl (C=O) groups excluding carboxylic acids is 2. The molecule has 1 fully saturated rings. The van der Waals surface area contributed by atoms with Gasteiger partial charge in [0.15, 0.2) is 0 Å². The Bertz CT molecular complexity index is 324. The lowest BCUT2D eigenvalue weighted by Gasteiger charge is -2.41. The van der Waals surface area contributed by atoms with Gasteiger partial charge in [-0.05, 0) is 26.2 Å². The average molecular weight is 254 g/mol. The van der Waals surface area contributed by atoms with Crippen molar-refractivity contribution in [3.8, 4) is 0 Å². The zero-order valence-corrected chi connectivity index (χ0v) is 11.2. The Kier molecular flexibility index (Phi) is 5.69. The highest BCUT2D eigenvalue weighted by Gasteiger charge is 2.47. The summed E-state index contributed by atoms with van der Waals surface area (Å²) in [5.41, 5.74) is -0.732. The van der Waals surface area contributed by atoms with Crippen molar-refractivity contribution < 1.29 is 19.1 Å². The Labute approximate surface area is 108 Å². The van der Waals surface area contributed by atoms with Gasteiger partial charge in [0.1, 0.15) is 18.4 Å². The van der Waals surface area contributed by atoms with Crippen LogP contribution >= 0.6 is 0 Å². The number of hydrogen-bond donors (Lipinski definition) is 0. The van der Waals surface area contributed by atoms with Crippen LogP contribution < -0.4 is 0 Å². The maximum atomic E-state index is 12.3. The molecule has 18 heavy (non-hydrogen) atoms. The number of Topliss-reactive ketones (excluding diaryl/α,β-unsaturated/α-hetero) is 2. The van der Waals surface area contributed by atoms with E-state index in [9.17, 15) is 9.59 Å². The van der Waals surface area contributed by atoms with Crippen molar-refractivity contribution in [2.24, 2.45) is 5.41 Å². The standard InChI is InChI=1S/C14H22O4/c1-4-8-14(9-11(2)15)12(16)6-5-7-13(14)18-10-17-3/h4,13H,1,5-10H2,2-3H3/t13-,14-/m0/s1. The normalized spacial score (nSPS) is 28.1. The van der Waals surface area contributed by atoms with Gasteiger partial charge in [0.25, 0.3) is 0 Å². The molecule has 0 amide bonds. The number of carbonyl (C=O) groups is 2. The first-order chi connectivity index (χ1) is 8.56. The SMILES string of the molecule is C=CC[C@]1(CC(C)=O)C(=O)CCC[C@@H]1OCOC. The molecule has 0 aliphatic heterocycles. The third-order valence-corrected chi connectivity index (χ3v) is 3.50. The van der Waals surface area contributed by atoms with Crippen LogP contribution in [0.5, 0.6) is 0 Å². The Morgan fingerprint density at radius 3 is 2.89 bits per heavy atom. The van der Waals surface area contributed by atoms with Crippen molar-refractivity contribution in [2.45, 2.75) is 45.1 Å². The molecular formula is C14H22O4. The van der Waals surface area contributed by atoms with Gasteiger partial charge in [0.2, 0.25) is 0 Å². The predicted octanol–water partition coefficient (Wildman–Crippen LogP) is 2.27. The lowest BCUT2D eigenvalue weighted by Crippen LogP contribution is -2.48. The topological polar surface area (TPSA) is 52.6 Å². The summed E-state index contributed by atoms with van der Waals surface area (Å²) in [6, 6.07) is 0. The van der Waals surface area contributed by atoms with Gasteiger partial charge in [0.05, 0.1) is 11.5 Å². The predicted molar refractivity (Wildman–Crippen MR) is 68.2 cm³/mol. The van der Waals surface area contributed by atoms with Gasteiger partial charge >= 0.3 is 0 Å². The molecule has 0 spiro atoms. The number of rotatable bonds is 7. The Morgan fingerprint density at radius 1 is 1.61 bits per heavy atom. The molecule has 1 rings (SSSR count). The van der Waals surface area contributed by atoms with Gasteiger partial charge in [-0.25, -0.2) is 0 Å². The summed E-state index contributed by atoms with van der Waals surface area (Å²) < 4.78 is 10.5. The van der Waals surface area contributed by atoms with E-state index in [-0.39, 0.29) is 30.9 Å². The molecule has 4 heteroatoms. The molecule has 0 unspecified atom stereocenters. The van der Waals surface area contributed by atoms with Crippen molar-refractivity contribution >= 4 is 11.6 Å². The number of ketones is 2. The summed E-state index contributed by atoms with van der Waals surface area (Å²) in [6.45, 7) is 5.37. The van der Waals surface area contributed by atoms with Gasteiger partial charge in [-0.1, -0.05) is 6.08 Å². The van der Waals surface area contributed by atoms with Crippen LogP contribution in [0.4, 0.5) is 0 Å². The van der Waals surface area contributed by atoms with Crippen molar-refractivity contribution in [2.75, 3.05) is 13.9 Å². The Balaban J connectivity index is 2.97. The largest absolute Gasteiger partial charge is 0.359 e. The van der Waals surface area contributed by atoms with Crippen molar-refractivity contribution in [1.29, 1.82) is 0 Å². The maximum absolute atomic E-state index is 12.3. The highest BCUT2D eigenvalue weighted by atomic mass is 16.7. The molecule has 0 aromatic rings. The number of allylic oxidation sites excluding steroid dienone is 1. The van der Waals surface area contributed by atoms with E-state index in [0.29, 0.717) is 12.8 Å². The fourth-order valence-electron chi connectivity index (χ4n) is 2.78. The summed E-state index contributed by atoms with van der Waals surface area (Å²) in [6.07, 6.45) is 4.29. The minimum atomic E-state index is -0.732. The van der Waals surface area contributed by atoms with E-state index in [1.807, 2.05) is 0 Å². The van der Waals surface area contributed by atoms with Gasteiger partial charge in [0, 0.05) is 20.0 Å². The molecule has 2 atom stereocenters. The van der Waals surface area contributed by atoms with E-state index in [1.54, 1.807) is 13.2 Å². The second-order valence-corrected chi connectivity index (χ2v) is 4.90. The Morgan fingerprint density at radius 2 is 2.33 bits per heavy atom. The first-order valence-corrected chi connectivity index (χ1v) is 6.31. The van der Waals surface area contributed by atoms with Crippen molar-refractivity contribution in [3.63, 3.8) is 0 Å². The number of ether oxygens (including phenoxy) is 2. The van der Waals surface area contributed by atoms with Crippen LogP contribution in [-0.2, 0) is 19.1 Å². The van der Waals surface area contributed by atoms with Crippen LogP contribution in [0, 0.1) is 5.41 Å². The lowest BCUT2D eigenvalue weighted by molar-refractivity contribution is -0.162. The van der Waals surface area contributed by atoms with Gasteiger partial charge < -0.3 is 9.47 Å². The van der Waals surface area contributed by atoms with Gasteiger partial charge in [-0.3, -0.25) is 9.59 Å². The third kappa shape index (κ3) is 3.27. The van der Waals surface area contributed by atoms with Gasteiger partial charge in [-0.2, -0.15) is 0 Å². The molecule has 0 heterocycles. The fraction of sp³-hybridized carbons (Fsp3) is 0.714. The van der Waals surface area contributed by atoms with E-state index in [1.165, 1.54) is 6.92 Å². The molecule has 1 saturated carbocycles. The molecule has 4 nitrogen and oxygen atoms in total. The third-order valence-electron chi connectivity index (χ3n) is 3.50. The van der Waals surface area contributed by atoms with Crippen LogP contribution in [0.15, 0.2) is 12.7 Å². The molecule has 0 aromatic carbocycles. The molecule has 0 aromatic heterocycles. The van der Waals surface area contributed by atoms with E-state index >= 15 is 0 Å². The van der Waals surface area contributed by atoms with E-state index in [4.69, 9.17) is 9.47 Å². The summed E-state index contributed by atoms with van der Waals surface area (Å²) in [4.78, 5) is 23.8. The average Bonchev–Trinajstić information content (AvgIpc) is 2.30. The maximum Gasteiger partial charge on any atom is 0.146 e. The van der Waals surface area contributed by atoms with E-state index in [2.05, 4.69) is 6.58 Å². The summed E-state index contributed by atoms with van der Waals surface area (Å²) in [5, 5.41) is 0. The van der Waals surface area contributed by atoms with Crippen molar-refractivity contribution in [1.82, 2.24) is 0 Å². The summed E-state index contributed by atoms with van der Waals surface area (Å²) in [5.74, 6) is 0.128. The van der Waals surface area contributed by atoms with Crippen LogP contribution in [0.1, 0.15) is 39.0 Å². The molecule has 0 radical (unpaired) electrons. The first kappa shape index (κ1) is 15.1. The monoisotopic (exact) mass is 254 g/mol. The quantitative estimate of drug-likeness (QED) is 0.516. The molecule has 1 aliphatic carbocycles. The minimum Gasteiger partial charge on any atom is -0.359 e. The van der Waals surface area contributed by atoms with Crippen LogP contribution in [0.25, 0.3) is 0 Å². The van der Waals surface area contributed by atoms with Crippen molar-refractivity contribution in [3.05, 3.63) is 12.7 Å². The molecule has 102 valence electrons. The molecule has 0 N–H and O–H groups in total. The minimum absolute atomic E-state index is 0.0121. The van der Waals surface area contributed by atoms with E-state index < -0.39 is 5.41 Å².